The van der Waals surface area contributed by atoms with E-state index < -0.39 is 0 Å². The molecule has 0 aliphatic rings. The highest BCUT2D eigenvalue weighted by atomic mass is 16.5. The van der Waals surface area contributed by atoms with Crippen LogP contribution >= 0.6 is 0 Å². The number of hydrogen-bond donors (Lipinski definition) is 2. The average Bonchev–Trinajstić information content (AvgIpc) is 3.01. The molecule has 0 saturated carbocycles. The van der Waals surface area contributed by atoms with E-state index in [-0.39, 0.29) is 12.1 Å². The molecule has 5 heteroatoms. The summed E-state index contributed by atoms with van der Waals surface area (Å²) >= 11 is 0. The first-order valence-electron chi connectivity index (χ1n) is 7.74. The molecular formula is C17H23N3O2. The Morgan fingerprint density at radius 3 is 2.68 bits per heavy atom. The van der Waals surface area contributed by atoms with E-state index in [4.69, 9.17) is 4.52 Å². The fraction of sp³-hybridized carbons (Fsp3) is 0.412. The van der Waals surface area contributed by atoms with Gasteiger partial charge >= 0.3 is 6.03 Å². The van der Waals surface area contributed by atoms with Crippen molar-refractivity contribution in [2.24, 2.45) is 0 Å². The number of nitrogens with one attached hydrogen (secondary N) is 2. The molecule has 1 atom stereocenters. The molecule has 2 aromatic rings. The highest BCUT2D eigenvalue weighted by Gasteiger charge is 2.11. The lowest BCUT2D eigenvalue weighted by Crippen LogP contribution is -2.42. The highest BCUT2D eigenvalue weighted by molar-refractivity contribution is 5.74. The number of rotatable bonds is 7. The van der Waals surface area contributed by atoms with Crippen LogP contribution in [0.4, 0.5) is 4.79 Å². The molecule has 0 saturated heterocycles. The van der Waals surface area contributed by atoms with Crippen LogP contribution in [0, 0.1) is 0 Å². The Morgan fingerprint density at radius 2 is 2.05 bits per heavy atom. The molecule has 0 radical (unpaired) electrons. The van der Waals surface area contributed by atoms with Gasteiger partial charge in [-0.1, -0.05) is 49.3 Å². The number of aryl methyl sites for hydroxylation is 1. The van der Waals surface area contributed by atoms with Crippen LogP contribution in [0.25, 0.3) is 0 Å². The lowest BCUT2D eigenvalue weighted by Gasteiger charge is -2.17. The standard InChI is InChI=1S/C17H23N3O2/c1-3-14(10-13-8-6-5-7-9-13)19-17(21)18-12-16-11-15(4-2)20-22-16/h5-9,11,14H,3-4,10,12H2,1-2H3,(H2,18,19,21)/t14-/m1/s1. The van der Waals surface area contributed by atoms with Crippen molar-refractivity contribution >= 4 is 6.03 Å². The number of carbonyl (C=O) groups is 1. The van der Waals surface area contributed by atoms with Gasteiger partial charge in [0.25, 0.3) is 0 Å². The molecule has 1 heterocycles. The van der Waals surface area contributed by atoms with Crippen LogP contribution in [-0.2, 0) is 19.4 Å². The van der Waals surface area contributed by atoms with E-state index in [2.05, 4.69) is 34.8 Å². The van der Waals surface area contributed by atoms with Crippen LogP contribution in [0.15, 0.2) is 40.9 Å². The second-order valence-corrected chi connectivity index (χ2v) is 5.26. The second-order valence-electron chi connectivity index (χ2n) is 5.26. The van der Waals surface area contributed by atoms with Crippen molar-refractivity contribution in [3.05, 3.63) is 53.4 Å². The lowest BCUT2D eigenvalue weighted by molar-refractivity contribution is 0.234. The molecule has 0 fully saturated rings. The number of nitrogens with zero attached hydrogens (tertiary/aromatic N) is 1. The zero-order valence-corrected chi connectivity index (χ0v) is 13.1. The fourth-order valence-electron chi connectivity index (χ4n) is 2.21. The second kappa shape index (κ2) is 8.22. The summed E-state index contributed by atoms with van der Waals surface area (Å²) in [5.74, 6) is 0.670. The highest BCUT2D eigenvalue weighted by Crippen LogP contribution is 2.06. The van der Waals surface area contributed by atoms with Crippen LogP contribution in [0.1, 0.15) is 37.3 Å². The smallest absolute Gasteiger partial charge is 0.315 e. The molecule has 0 aliphatic heterocycles. The molecule has 1 aromatic carbocycles. The molecule has 2 N–H and O–H groups in total. The van der Waals surface area contributed by atoms with Crippen molar-refractivity contribution < 1.29 is 9.32 Å². The van der Waals surface area contributed by atoms with Gasteiger partial charge in [0, 0.05) is 12.1 Å². The van der Waals surface area contributed by atoms with Crippen molar-refractivity contribution in [2.75, 3.05) is 0 Å². The van der Waals surface area contributed by atoms with Gasteiger partial charge in [-0.3, -0.25) is 0 Å². The van der Waals surface area contributed by atoms with Crippen molar-refractivity contribution in [2.45, 2.75) is 45.7 Å². The van der Waals surface area contributed by atoms with E-state index in [1.807, 2.05) is 31.2 Å². The first-order valence-corrected chi connectivity index (χ1v) is 7.74. The number of urea groups is 1. The summed E-state index contributed by atoms with van der Waals surface area (Å²) in [5.41, 5.74) is 2.12. The summed E-state index contributed by atoms with van der Waals surface area (Å²) in [5, 5.41) is 9.70. The summed E-state index contributed by atoms with van der Waals surface area (Å²) < 4.78 is 5.14. The molecule has 0 aliphatic carbocycles. The fourth-order valence-corrected chi connectivity index (χ4v) is 2.21. The Morgan fingerprint density at radius 1 is 1.27 bits per heavy atom. The summed E-state index contributed by atoms with van der Waals surface area (Å²) in [6.45, 7) is 4.43. The predicted molar refractivity (Wildman–Crippen MR) is 85.5 cm³/mol. The third-order valence-corrected chi connectivity index (χ3v) is 3.55. The Bertz CT molecular complexity index is 581. The van der Waals surface area contributed by atoms with Gasteiger partial charge in [-0.15, -0.1) is 0 Å². The van der Waals surface area contributed by atoms with Crippen molar-refractivity contribution in [1.29, 1.82) is 0 Å². The van der Waals surface area contributed by atoms with Gasteiger partial charge in [0.2, 0.25) is 0 Å². The topological polar surface area (TPSA) is 67.2 Å². The zero-order valence-electron chi connectivity index (χ0n) is 13.1. The molecule has 2 rings (SSSR count). The molecule has 0 bridgehead atoms. The first-order chi connectivity index (χ1) is 10.7. The maximum Gasteiger partial charge on any atom is 0.315 e. The van der Waals surface area contributed by atoms with Crippen molar-refractivity contribution in [1.82, 2.24) is 15.8 Å². The van der Waals surface area contributed by atoms with Crippen LogP contribution in [0.5, 0.6) is 0 Å². The summed E-state index contributed by atoms with van der Waals surface area (Å²) in [6, 6.07) is 12.0. The van der Waals surface area contributed by atoms with Crippen molar-refractivity contribution in [3.63, 3.8) is 0 Å². The average molecular weight is 301 g/mol. The lowest BCUT2D eigenvalue weighted by atomic mass is 10.0. The predicted octanol–water partition coefficient (Wildman–Crippen LogP) is 3.06. The maximum atomic E-state index is 12.0. The Hall–Kier alpha value is -2.30. The first kappa shape index (κ1) is 16.1. The van der Waals surface area contributed by atoms with E-state index in [1.165, 1.54) is 5.56 Å². The third kappa shape index (κ3) is 4.91. The van der Waals surface area contributed by atoms with Gasteiger partial charge in [-0.05, 0) is 24.8 Å². The van der Waals surface area contributed by atoms with Gasteiger partial charge < -0.3 is 15.2 Å². The zero-order chi connectivity index (χ0) is 15.8. The van der Waals surface area contributed by atoms with Gasteiger partial charge in [0.15, 0.2) is 5.76 Å². The van der Waals surface area contributed by atoms with Crippen LogP contribution in [-0.4, -0.2) is 17.2 Å². The third-order valence-electron chi connectivity index (χ3n) is 3.55. The van der Waals surface area contributed by atoms with E-state index >= 15 is 0 Å². The quantitative estimate of drug-likeness (QED) is 0.826. The molecule has 118 valence electrons. The Labute approximate surface area is 131 Å². The van der Waals surface area contributed by atoms with Gasteiger partial charge in [0.05, 0.1) is 12.2 Å². The molecule has 0 spiro atoms. The van der Waals surface area contributed by atoms with Crippen LogP contribution in [0.3, 0.4) is 0 Å². The van der Waals surface area contributed by atoms with E-state index in [1.54, 1.807) is 0 Å². The maximum absolute atomic E-state index is 12.0. The summed E-state index contributed by atoms with van der Waals surface area (Å²) in [4.78, 5) is 12.0. The molecule has 5 nitrogen and oxygen atoms in total. The number of hydrogen-bond acceptors (Lipinski definition) is 3. The van der Waals surface area contributed by atoms with E-state index in [0.29, 0.717) is 12.3 Å². The van der Waals surface area contributed by atoms with Gasteiger partial charge in [-0.2, -0.15) is 0 Å². The van der Waals surface area contributed by atoms with Gasteiger partial charge in [0.1, 0.15) is 0 Å². The SMILES string of the molecule is CCc1cc(CNC(=O)N[C@H](CC)Cc2ccccc2)on1. The molecule has 2 amide bonds. The summed E-state index contributed by atoms with van der Waals surface area (Å²) in [6.07, 6.45) is 2.53. The minimum absolute atomic E-state index is 0.114. The normalized spacial score (nSPS) is 11.9. The largest absolute Gasteiger partial charge is 0.359 e. The van der Waals surface area contributed by atoms with Crippen LogP contribution < -0.4 is 10.6 Å². The molecule has 22 heavy (non-hydrogen) atoms. The summed E-state index contributed by atoms with van der Waals surface area (Å²) in [7, 11) is 0. The molecule has 1 aromatic heterocycles. The van der Waals surface area contributed by atoms with Crippen molar-refractivity contribution in [3.8, 4) is 0 Å². The number of amides is 2. The number of carbonyl (C=O) groups excluding carboxylic acids is 1. The number of benzene rings is 1. The van der Waals surface area contributed by atoms with Crippen LogP contribution in [0.2, 0.25) is 0 Å². The minimum atomic E-state index is -0.183. The number of aromatic nitrogens is 1. The molecular weight excluding hydrogens is 278 g/mol. The Kier molecular flexibility index (Phi) is 6.01. The monoisotopic (exact) mass is 301 g/mol. The Balaban J connectivity index is 1.79. The van der Waals surface area contributed by atoms with Gasteiger partial charge in [-0.25, -0.2) is 4.79 Å². The molecule has 0 unspecified atom stereocenters. The van der Waals surface area contributed by atoms with E-state index in [0.717, 1.165) is 25.0 Å². The van der Waals surface area contributed by atoms with E-state index in [9.17, 15) is 4.79 Å². The minimum Gasteiger partial charge on any atom is -0.359 e.